The summed E-state index contributed by atoms with van der Waals surface area (Å²) >= 11 is 0. The number of fused-ring (bicyclic) bond motifs is 1. The van der Waals surface area contributed by atoms with Crippen molar-refractivity contribution in [2.75, 3.05) is 13.6 Å². The first-order valence-corrected chi connectivity index (χ1v) is 11.9. The number of hydrogen-bond donors (Lipinski definition) is 1. The summed E-state index contributed by atoms with van der Waals surface area (Å²) in [4.78, 5) is 26.0. The average molecular weight is 480 g/mol. The van der Waals surface area contributed by atoms with Crippen LogP contribution in [0.4, 0.5) is 0 Å². The van der Waals surface area contributed by atoms with Crippen molar-refractivity contribution >= 4 is 28.7 Å². The van der Waals surface area contributed by atoms with Crippen LogP contribution in [-0.4, -0.2) is 35.5 Å². The molecule has 0 aliphatic rings. The average Bonchev–Trinajstić information content (AvgIpc) is 2.90. The lowest BCUT2D eigenvalue weighted by molar-refractivity contribution is -0.131. The van der Waals surface area contributed by atoms with Gasteiger partial charge in [-0.3, -0.25) is 4.79 Å². The third-order valence-corrected chi connectivity index (χ3v) is 6.07. The molecule has 4 aromatic rings. The van der Waals surface area contributed by atoms with Crippen molar-refractivity contribution < 1.29 is 19.4 Å². The number of amides is 1. The summed E-state index contributed by atoms with van der Waals surface area (Å²) in [5, 5.41) is 10.9. The lowest BCUT2D eigenvalue weighted by atomic mass is 9.97. The standard InChI is InChI=1S/C31H29NO4/c1-32(18-17-23-9-4-2-5-10-23)30(33)21-26-19-25(15-16-31(34)35)20-28-27(26)13-8-14-29(28)36-22-24-11-6-3-7-12-24/h2-16,19-20H,17-18,21-22H2,1H3,(H,34,35). The highest BCUT2D eigenvalue weighted by Gasteiger charge is 2.15. The van der Waals surface area contributed by atoms with Crippen LogP contribution in [0.15, 0.2) is 97.1 Å². The van der Waals surface area contributed by atoms with Crippen LogP contribution in [0, 0.1) is 0 Å². The first kappa shape index (κ1) is 24.7. The molecule has 5 nitrogen and oxygen atoms in total. The van der Waals surface area contributed by atoms with E-state index in [0.717, 1.165) is 34.4 Å². The van der Waals surface area contributed by atoms with E-state index in [4.69, 9.17) is 9.84 Å². The van der Waals surface area contributed by atoms with Gasteiger partial charge in [0.05, 0.1) is 6.42 Å². The molecule has 1 N–H and O–H groups in total. The number of nitrogens with zero attached hydrogens (tertiary/aromatic N) is 1. The monoisotopic (exact) mass is 479 g/mol. The maximum Gasteiger partial charge on any atom is 0.328 e. The normalized spacial score (nSPS) is 11.0. The Morgan fingerprint density at radius 3 is 2.25 bits per heavy atom. The molecule has 182 valence electrons. The van der Waals surface area contributed by atoms with Gasteiger partial charge in [0.1, 0.15) is 12.4 Å². The molecule has 0 aliphatic carbocycles. The van der Waals surface area contributed by atoms with Crippen molar-refractivity contribution in [3.63, 3.8) is 0 Å². The minimum atomic E-state index is -1.03. The molecule has 0 fully saturated rings. The highest BCUT2D eigenvalue weighted by molar-refractivity contribution is 5.96. The molecule has 0 unspecified atom stereocenters. The van der Waals surface area contributed by atoms with Gasteiger partial charge in [0.25, 0.3) is 0 Å². The first-order valence-electron chi connectivity index (χ1n) is 11.9. The highest BCUT2D eigenvalue weighted by Crippen LogP contribution is 2.31. The van der Waals surface area contributed by atoms with Gasteiger partial charge in [-0.1, -0.05) is 78.9 Å². The second-order valence-corrected chi connectivity index (χ2v) is 8.70. The number of hydrogen-bond acceptors (Lipinski definition) is 3. The molecule has 36 heavy (non-hydrogen) atoms. The van der Waals surface area contributed by atoms with E-state index >= 15 is 0 Å². The molecule has 5 heteroatoms. The van der Waals surface area contributed by atoms with Gasteiger partial charge in [-0.15, -0.1) is 0 Å². The molecule has 4 rings (SSSR count). The fraction of sp³-hybridized carbons (Fsp3) is 0.161. The van der Waals surface area contributed by atoms with Crippen LogP contribution in [0.2, 0.25) is 0 Å². The van der Waals surface area contributed by atoms with Gasteiger partial charge in [-0.2, -0.15) is 0 Å². The summed E-state index contributed by atoms with van der Waals surface area (Å²) in [7, 11) is 1.82. The van der Waals surface area contributed by atoms with Crippen molar-refractivity contribution in [3.8, 4) is 5.75 Å². The van der Waals surface area contributed by atoms with Gasteiger partial charge in [0.15, 0.2) is 0 Å². The topological polar surface area (TPSA) is 66.8 Å². The van der Waals surface area contributed by atoms with Crippen LogP contribution in [0.25, 0.3) is 16.8 Å². The van der Waals surface area contributed by atoms with Gasteiger partial charge < -0.3 is 14.7 Å². The van der Waals surface area contributed by atoms with E-state index in [-0.39, 0.29) is 12.3 Å². The largest absolute Gasteiger partial charge is 0.488 e. The van der Waals surface area contributed by atoms with E-state index in [1.807, 2.05) is 85.9 Å². The van der Waals surface area contributed by atoms with E-state index in [1.165, 1.54) is 5.56 Å². The number of benzene rings is 4. The Bertz CT molecular complexity index is 1360. The summed E-state index contributed by atoms with van der Waals surface area (Å²) in [5.41, 5.74) is 3.77. The van der Waals surface area contributed by atoms with Gasteiger partial charge in [0, 0.05) is 25.1 Å². The van der Waals surface area contributed by atoms with Crippen molar-refractivity contribution in [1.29, 1.82) is 0 Å². The number of carbonyl (C=O) groups is 2. The Morgan fingerprint density at radius 2 is 1.56 bits per heavy atom. The second-order valence-electron chi connectivity index (χ2n) is 8.70. The zero-order chi connectivity index (χ0) is 25.3. The SMILES string of the molecule is CN(CCc1ccccc1)C(=O)Cc1cc(C=CC(=O)O)cc2c(OCc3ccccc3)cccc12. The second kappa shape index (κ2) is 11.8. The zero-order valence-electron chi connectivity index (χ0n) is 20.3. The number of likely N-dealkylation sites (N-methyl/N-ethyl adjacent to an activating group) is 1. The van der Waals surface area contributed by atoms with Gasteiger partial charge in [0.2, 0.25) is 5.91 Å². The van der Waals surface area contributed by atoms with Crippen LogP contribution < -0.4 is 4.74 Å². The predicted molar refractivity (Wildman–Crippen MR) is 143 cm³/mol. The quantitative estimate of drug-likeness (QED) is 0.294. The molecule has 0 aromatic heterocycles. The van der Waals surface area contributed by atoms with Gasteiger partial charge in [-0.05, 0) is 52.3 Å². The third kappa shape index (κ3) is 6.60. The Kier molecular flexibility index (Phi) is 8.14. The van der Waals surface area contributed by atoms with Crippen LogP contribution in [-0.2, 0) is 29.0 Å². The molecule has 4 aromatic carbocycles. The van der Waals surface area contributed by atoms with E-state index < -0.39 is 5.97 Å². The van der Waals surface area contributed by atoms with Gasteiger partial charge >= 0.3 is 5.97 Å². The van der Waals surface area contributed by atoms with Crippen LogP contribution in [0.3, 0.4) is 0 Å². The van der Waals surface area contributed by atoms with E-state index in [9.17, 15) is 9.59 Å². The molecular weight excluding hydrogens is 450 g/mol. The maximum absolute atomic E-state index is 13.1. The molecular formula is C31H29NO4. The van der Waals surface area contributed by atoms with Gasteiger partial charge in [-0.25, -0.2) is 4.79 Å². The number of carbonyl (C=O) groups excluding carboxylic acids is 1. The first-order chi connectivity index (χ1) is 17.5. The molecule has 0 saturated carbocycles. The molecule has 0 spiro atoms. The number of carboxylic acids is 1. The van der Waals surface area contributed by atoms with E-state index in [1.54, 1.807) is 11.0 Å². The Hall–Kier alpha value is -4.38. The summed E-state index contributed by atoms with van der Waals surface area (Å²) in [6, 6.07) is 29.6. The maximum atomic E-state index is 13.1. The molecule has 0 saturated heterocycles. The van der Waals surface area contributed by atoms with Crippen molar-refractivity contribution in [2.24, 2.45) is 0 Å². The number of ether oxygens (including phenoxy) is 1. The molecule has 0 bridgehead atoms. The Balaban J connectivity index is 1.60. The van der Waals surface area contributed by atoms with E-state index in [0.29, 0.717) is 24.5 Å². The minimum absolute atomic E-state index is 0.00204. The Labute approximate surface area is 211 Å². The summed E-state index contributed by atoms with van der Waals surface area (Å²) < 4.78 is 6.15. The molecule has 0 radical (unpaired) electrons. The van der Waals surface area contributed by atoms with E-state index in [2.05, 4.69) is 12.1 Å². The third-order valence-electron chi connectivity index (χ3n) is 6.07. The van der Waals surface area contributed by atoms with Crippen molar-refractivity contribution in [2.45, 2.75) is 19.4 Å². The number of carboxylic acid groups (broad SMARTS) is 1. The lowest BCUT2D eigenvalue weighted by Crippen LogP contribution is -2.30. The fourth-order valence-corrected chi connectivity index (χ4v) is 4.10. The summed E-state index contributed by atoms with van der Waals surface area (Å²) in [6.07, 6.45) is 3.64. The smallest absolute Gasteiger partial charge is 0.328 e. The number of aliphatic carboxylic acids is 1. The molecule has 0 atom stereocenters. The molecule has 1 amide bonds. The van der Waals surface area contributed by atoms with Crippen LogP contribution >= 0.6 is 0 Å². The summed E-state index contributed by atoms with van der Waals surface area (Å²) in [5.74, 6) is -0.336. The van der Waals surface area contributed by atoms with Crippen molar-refractivity contribution in [1.82, 2.24) is 4.90 Å². The Morgan fingerprint density at radius 1 is 0.861 bits per heavy atom. The van der Waals surface area contributed by atoms with Crippen molar-refractivity contribution in [3.05, 3.63) is 119 Å². The molecule has 0 aliphatic heterocycles. The highest BCUT2D eigenvalue weighted by atomic mass is 16.5. The number of rotatable bonds is 10. The zero-order valence-corrected chi connectivity index (χ0v) is 20.3. The minimum Gasteiger partial charge on any atom is -0.488 e. The van der Waals surface area contributed by atoms with Crippen LogP contribution in [0.5, 0.6) is 5.75 Å². The summed E-state index contributed by atoms with van der Waals surface area (Å²) in [6.45, 7) is 1.02. The molecule has 0 heterocycles. The van der Waals surface area contributed by atoms with Crippen LogP contribution in [0.1, 0.15) is 22.3 Å². The predicted octanol–water partition coefficient (Wildman–Crippen LogP) is 5.76. The fourth-order valence-electron chi connectivity index (χ4n) is 4.10. The lowest BCUT2D eigenvalue weighted by Gasteiger charge is -2.19.